The maximum atomic E-state index is 12.4. The summed E-state index contributed by atoms with van der Waals surface area (Å²) in [5.74, 6) is 0.362. The molecule has 1 rings (SSSR count). The average molecular weight is 330 g/mol. The van der Waals surface area contributed by atoms with E-state index in [1.54, 1.807) is 12.3 Å². The van der Waals surface area contributed by atoms with Crippen molar-refractivity contribution in [3.8, 4) is 0 Å². The largest absolute Gasteiger partial charge is 0.385 e. The third-order valence-corrected chi connectivity index (χ3v) is 4.11. The number of rotatable bonds is 9. The van der Waals surface area contributed by atoms with Gasteiger partial charge in [0.25, 0.3) is 5.91 Å². The molecule has 0 aromatic heterocycles. The molecule has 0 radical (unpaired) electrons. The van der Waals surface area contributed by atoms with Gasteiger partial charge in [0.15, 0.2) is 0 Å². The van der Waals surface area contributed by atoms with Crippen molar-refractivity contribution in [3.05, 3.63) is 47.5 Å². The van der Waals surface area contributed by atoms with Gasteiger partial charge in [-0.3, -0.25) is 9.79 Å². The molecule has 1 fully saturated rings. The van der Waals surface area contributed by atoms with Gasteiger partial charge >= 0.3 is 0 Å². The van der Waals surface area contributed by atoms with Gasteiger partial charge in [-0.15, -0.1) is 0 Å². The summed E-state index contributed by atoms with van der Waals surface area (Å²) in [5.41, 5.74) is 8.98. The number of nitrogens with two attached hydrogens (primary N) is 1. The molecule has 132 valence electrons. The smallest absolute Gasteiger partial charge is 0.251 e. The summed E-state index contributed by atoms with van der Waals surface area (Å²) in [5, 5.41) is 6.11. The quantitative estimate of drug-likeness (QED) is 0.345. The molecule has 1 amide bonds. The molecule has 0 atom stereocenters. The zero-order valence-electron chi connectivity index (χ0n) is 15.3. The molecule has 0 spiro atoms. The van der Waals surface area contributed by atoms with Gasteiger partial charge in [0, 0.05) is 22.9 Å². The number of amides is 1. The van der Waals surface area contributed by atoms with Crippen molar-refractivity contribution in [2.24, 2.45) is 10.7 Å². The second kappa shape index (κ2) is 8.52. The maximum Gasteiger partial charge on any atom is 0.251 e. The monoisotopic (exact) mass is 330 g/mol. The number of carbonyl (C=O) groups excluding carboxylic acids is 1. The van der Waals surface area contributed by atoms with Crippen molar-refractivity contribution in [2.45, 2.75) is 52.5 Å². The minimum absolute atomic E-state index is 0.0747. The van der Waals surface area contributed by atoms with Crippen molar-refractivity contribution >= 4 is 12.1 Å². The SMILES string of the molecule is C=C(/C=N\C(=C)CNC(=O)C(=C\C)/C(C)=C(/N)NC1(C)CC1)CC. The second-order valence-corrected chi connectivity index (χ2v) is 6.45. The van der Waals surface area contributed by atoms with E-state index in [1.165, 1.54) is 0 Å². The van der Waals surface area contributed by atoms with E-state index in [0.29, 0.717) is 17.1 Å². The fraction of sp³-hybridized carbons (Fsp3) is 0.474. The number of carbonyl (C=O) groups is 1. The molecule has 24 heavy (non-hydrogen) atoms. The molecular weight excluding hydrogens is 300 g/mol. The van der Waals surface area contributed by atoms with E-state index >= 15 is 0 Å². The molecule has 1 aliphatic carbocycles. The van der Waals surface area contributed by atoms with E-state index in [4.69, 9.17) is 5.73 Å². The van der Waals surface area contributed by atoms with Crippen molar-refractivity contribution in [3.63, 3.8) is 0 Å². The van der Waals surface area contributed by atoms with Crippen molar-refractivity contribution in [1.82, 2.24) is 10.6 Å². The molecule has 0 aromatic rings. The van der Waals surface area contributed by atoms with Crippen LogP contribution in [0.25, 0.3) is 0 Å². The average Bonchev–Trinajstić information content (AvgIpc) is 3.27. The van der Waals surface area contributed by atoms with Crippen LogP contribution in [0.1, 0.15) is 47.0 Å². The Morgan fingerprint density at radius 1 is 1.38 bits per heavy atom. The van der Waals surface area contributed by atoms with Gasteiger partial charge in [0.1, 0.15) is 5.82 Å². The highest BCUT2D eigenvalue weighted by Crippen LogP contribution is 2.35. The Labute approximate surface area is 145 Å². The van der Waals surface area contributed by atoms with Crippen LogP contribution in [0.15, 0.2) is 52.5 Å². The van der Waals surface area contributed by atoms with Crippen LogP contribution in [0.3, 0.4) is 0 Å². The Morgan fingerprint density at radius 2 is 2.00 bits per heavy atom. The van der Waals surface area contributed by atoms with E-state index in [9.17, 15) is 4.79 Å². The maximum absolute atomic E-state index is 12.4. The van der Waals surface area contributed by atoms with Gasteiger partial charge in [-0.1, -0.05) is 26.2 Å². The molecule has 0 bridgehead atoms. The lowest BCUT2D eigenvalue weighted by atomic mass is 10.1. The lowest BCUT2D eigenvalue weighted by Crippen LogP contribution is -2.34. The van der Waals surface area contributed by atoms with Crippen molar-refractivity contribution in [1.29, 1.82) is 0 Å². The highest BCUT2D eigenvalue weighted by Gasteiger charge is 2.37. The number of allylic oxidation sites excluding steroid dienone is 2. The van der Waals surface area contributed by atoms with Gasteiger partial charge in [-0.25, -0.2) is 0 Å². The van der Waals surface area contributed by atoms with Crippen molar-refractivity contribution in [2.75, 3.05) is 6.54 Å². The van der Waals surface area contributed by atoms with Crippen LogP contribution in [0.2, 0.25) is 0 Å². The lowest BCUT2D eigenvalue weighted by molar-refractivity contribution is -0.117. The van der Waals surface area contributed by atoms with Gasteiger partial charge in [-0.05, 0) is 45.6 Å². The predicted octanol–water partition coefficient (Wildman–Crippen LogP) is 2.93. The van der Waals surface area contributed by atoms with Gasteiger partial charge in [0.05, 0.1) is 12.2 Å². The van der Waals surface area contributed by atoms with Crippen LogP contribution in [0, 0.1) is 0 Å². The summed E-state index contributed by atoms with van der Waals surface area (Å²) in [6, 6.07) is 0. The Hall–Kier alpha value is -2.30. The molecule has 5 nitrogen and oxygen atoms in total. The fourth-order valence-electron chi connectivity index (χ4n) is 1.99. The highest BCUT2D eigenvalue weighted by molar-refractivity contribution is 5.97. The lowest BCUT2D eigenvalue weighted by Gasteiger charge is -2.17. The molecule has 0 unspecified atom stereocenters. The van der Waals surface area contributed by atoms with Crippen LogP contribution in [-0.4, -0.2) is 24.2 Å². The Kier molecular flexibility index (Phi) is 7.01. The zero-order chi connectivity index (χ0) is 18.3. The van der Waals surface area contributed by atoms with E-state index in [-0.39, 0.29) is 18.0 Å². The van der Waals surface area contributed by atoms with Gasteiger partial charge in [-0.2, -0.15) is 0 Å². The third-order valence-electron chi connectivity index (χ3n) is 4.11. The number of hydrogen-bond donors (Lipinski definition) is 3. The van der Waals surface area contributed by atoms with Crippen LogP contribution in [-0.2, 0) is 4.79 Å². The Morgan fingerprint density at radius 3 is 2.50 bits per heavy atom. The highest BCUT2D eigenvalue weighted by atomic mass is 16.1. The van der Waals surface area contributed by atoms with E-state index in [2.05, 4.69) is 35.7 Å². The first-order chi connectivity index (χ1) is 11.2. The zero-order valence-corrected chi connectivity index (χ0v) is 15.3. The first-order valence-electron chi connectivity index (χ1n) is 8.31. The van der Waals surface area contributed by atoms with E-state index in [1.807, 2.05) is 20.8 Å². The van der Waals surface area contributed by atoms with Crippen LogP contribution in [0.4, 0.5) is 0 Å². The number of nitrogens with one attached hydrogen (secondary N) is 2. The first-order valence-corrected chi connectivity index (χ1v) is 8.31. The Balaban J connectivity index is 2.63. The normalized spacial score (nSPS) is 17.2. The predicted molar refractivity (Wildman–Crippen MR) is 101 cm³/mol. The number of aliphatic imine (C=N–C) groups is 1. The molecule has 4 N–H and O–H groups in total. The standard InChI is InChI=1S/C19H30N4O/c1-7-13(3)11-21-14(4)12-22-18(24)16(8-2)15(5)17(20)23-19(6)9-10-19/h8,11,23H,3-4,7,9-10,12,20H2,1-2,5-6H3,(H,22,24)/b16-8-,17-15-,21-11-. The second-order valence-electron chi connectivity index (χ2n) is 6.45. The van der Waals surface area contributed by atoms with E-state index in [0.717, 1.165) is 30.4 Å². The molecule has 1 saturated carbocycles. The summed E-state index contributed by atoms with van der Waals surface area (Å²) >= 11 is 0. The molecule has 0 aromatic carbocycles. The first kappa shape index (κ1) is 19.7. The molecule has 0 heterocycles. The van der Waals surface area contributed by atoms with Gasteiger partial charge < -0.3 is 16.4 Å². The molecule has 1 aliphatic rings. The molecule has 0 aliphatic heterocycles. The molecule has 5 heteroatoms. The van der Waals surface area contributed by atoms with Crippen molar-refractivity contribution < 1.29 is 4.79 Å². The summed E-state index contributed by atoms with van der Waals surface area (Å²) in [6.07, 6.45) is 6.47. The summed E-state index contributed by atoms with van der Waals surface area (Å²) in [6.45, 7) is 15.8. The minimum Gasteiger partial charge on any atom is -0.385 e. The Bertz CT molecular complexity index is 607. The summed E-state index contributed by atoms with van der Waals surface area (Å²) < 4.78 is 0. The van der Waals surface area contributed by atoms with Gasteiger partial charge in [0.2, 0.25) is 0 Å². The minimum atomic E-state index is -0.189. The third kappa shape index (κ3) is 6.07. The topological polar surface area (TPSA) is 79.5 Å². The van der Waals surface area contributed by atoms with Crippen LogP contribution >= 0.6 is 0 Å². The number of nitrogens with zero attached hydrogens (tertiary/aromatic N) is 1. The molecular formula is C19H30N4O. The summed E-state index contributed by atoms with van der Waals surface area (Å²) in [7, 11) is 0. The number of hydrogen-bond acceptors (Lipinski definition) is 4. The summed E-state index contributed by atoms with van der Waals surface area (Å²) in [4.78, 5) is 16.6. The van der Waals surface area contributed by atoms with E-state index < -0.39 is 0 Å². The molecule has 0 saturated heterocycles. The van der Waals surface area contributed by atoms with Crippen LogP contribution < -0.4 is 16.4 Å². The fourth-order valence-corrected chi connectivity index (χ4v) is 1.99. The van der Waals surface area contributed by atoms with Crippen LogP contribution in [0.5, 0.6) is 0 Å².